The van der Waals surface area contributed by atoms with Gasteiger partial charge in [0.15, 0.2) is 0 Å². The van der Waals surface area contributed by atoms with Crippen LogP contribution >= 0.6 is 0 Å². The molecule has 0 aliphatic heterocycles. The molecule has 0 fully saturated rings. The molecule has 4 rings (SSSR count). The van der Waals surface area contributed by atoms with Gasteiger partial charge in [-0.15, -0.1) is 10.2 Å². The van der Waals surface area contributed by atoms with Gasteiger partial charge in [0, 0.05) is 12.8 Å². The van der Waals surface area contributed by atoms with Gasteiger partial charge >= 0.3 is 0 Å². The molecule has 2 amide bonds. The number of hydrogen-bond donors (Lipinski definition) is 2. The molecule has 13 nitrogen and oxygen atoms in total. The topological polar surface area (TPSA) is 147 Å². The normalized spacial score (nSPS) is 12.6. The van der Waals surface area contributed by atoms with Crippen LogP contribution in [0.25, 0.3) is 0 Å². The minimum Gasteiger partial charge on any atom is -0.377 e. The Labute approximate surface area is 263 Å². The molecular formula is C32H42N8O5. The van der Waals surface area contributed by atoms with E-state index in [1.807, 2.05) is 86.9 Å². The van der Waals surface area contributed by atoms with Crippen LogP contribution in [0.4, 0.5) is 0 Å². The first-order chi connectivity index (χ1) is 21.9. The van der Waals surface area contributed by atoms with Crippen molar-refractivity contribution in [3.8, 4) is 0 Å². The average molecular weight is 619 g/mol. The highest BCUT2D eigenvalue weighted by Crippen LogP contribution is 2.21. The van der Waals surface area contributed by atoms with Crippen molar-refractivity contribution in [3.05, 3.63) is 95.6 Å². The van der Waals surface area contributed by atoms with Crippen LogP contribution in [0.1, 0.15) is 55.4 Å². The summed E-state index contributed by atoms with van der Waals surface area (Å²) in [6.07, 6.45) is 3.65. The predicted octanol–water partition coefficient (Wildman–Crippen LogP) is 2.71. The standard InChI is InChI=1S/C32H42N8O5/c1-24(2)32(42)34-31(27-12-8-5-9-13-27)29-23-40(38-36-29)15-17-44-19-21-45-20-18-43-16-14-39-22-28(35-37-39)30(33-25(3)41)26-10-6-4-7-11-26/h4-13,22-24,30-31H,14-21H2,1-3H3,(H,33,41)(H,34,42). The Morgan fingerprint density at radius 2 is 1.09 bits per heavy atom. The van der Waals surface area contributed by atoms with E-state index in [9.17, 15) is 9.59 Å². The fourth-order valence-corrected chi connectivity index (χ4v) is 4.43. The molecule has 4 aromatic rings. The molecule has 2 atom stereocenters. The molecule has 2 heterocycles. The minimum absolute atomic E-state index is 0.0478. The summed E-state index contributed by atoms with van der Waals surface area (Å²) in [6, 6.07) is 18.7. The first-order valence-corrected chi connectivity index (χ1v) is 15.1. The van der Waals surface area contributed by atoms with Crippen LogP contribution in [0.5, 0.6) is 0 Å². The Hall–Kier alpha value is -4.46. The van der Waals surface area contributed by atoms with Crippen molar-refractivity contribution < 1.29 is 23.8 Å². The van der Waals surface area contributed by atoms with Gasteiger partial charge in [-0.3, -0.25) is 9.59 Å². The van der Waals surface area contributed by atoms with Crippen LogP contribution in [0.3, 0.4) is 0 Å². The number of carbonyl (C=O) groups excluding carboxylic acids is 2. The van der Waals surface area contributed by atoms with E-state index in [-0.39, 0.29) is 29.8 Å². The van der Waals surface area contributed by atoms with Crippen molar-refractivity contribution in [1.82, 2.24) is 40.6 Å². The lowest BCUT2D eigenvalue weighted by atomic mass is 10.0. The van der Waals surface area contributed by atoms with Gasteiger partial charge in [0.05, 0.1) is 77.2 Å². The SMILES string of the molecule is CC(=O)NC(c1ccccc1)c1cn(CCOCCOCCOCCn2cc(C(NC(=O)C(C)C)c3ccccc3)nn2)nn1. The lowest BCUT2D eigenvalue weighted by molar-refractivity contribution is -0.124. The Balaban J connectivity index is 1.08. The van der Waals surface area contributed by atoms with E-state index in [1.54, 1.807) is 9.36 Å². The van der Waals surface area contributed by atoms with Gasteiger partial charge in [0.2, 0.25) is 11.8 Å². The summed E-state index contributed by atoms with van der Waals surface area (Å²) in [6.45, 7) is 8.92. The van der Waals surface area contributed by atoms with Crippen molar-refractivity contribution in [3.63, 3.8) is 0 Å². The van der Waals surface area contributed by atoms with E-state index in [0.29, 0.717) is 64.1 Å². The number of rotatable bonds is 19. The molecule has 2 unspecified atom stereocenters. The summed E-state index contributed by atoms with van der Waals surface area (Å²) in [4.78, 5) is 24.1. The Bertz CT molecular complexity index is 1440. The van der Waals surface area contributed by atoms with Crippen molar-refractivity contribution >= 4 is 11.8 Å². The first kappa shape index (κ1) is 33.4. The number of hydrogen-bond acceptors (Lipinski definition) is 9. The van der Waals surface area contributed by atoms with Gasteiger partial charge in [0.25, 0.3) is 0 Å². The smallest absolute Gasteiger partial charge is 0.223 e. The van der Waals surface area contributed by atoms with Gasteiger partial charge in [-0.1, -0.05) is 84.9 Å². The molecule has 2 aromatic heterocycles. The molecule has 2 N–H and O–H groups in total. The van der Waals surface area contributed by atoms with Crippen molar-refractivity contribution in [2.24, 2.45) is 5.92 Å². The average Bonchev–Trinajstić information content (AvgIpc) is 3.72. The fourth-order valence-electron chi connectivity index (χ4n) is 4.43. The molecule has 45 heavy (non-hydrogen) atoms. The summed E-state index contributed by atoms with van der Waals surface area (Å²) >= 11 is 0. The zero-order chi connectivity index (χ0) is 31.9. The van der Waals surface area contributed by atoms with Crippen LogP contribution in [0.15, 0.2) is 73.1 Å². The van der Waals surface area contributed by atoms with Crippen molar-refractivity contribution in [2.45, 2.75) is 45.9 Å². The minimum atomic E-state index is -0.373. The van der Waals surface area contributed by atoms with Crippen LogP contribution in [-0.2, 0) is 36.9 Å². The summed E-state index contributed by atoms with van der Waals surface area (Å²) in [5, 5.41) is 22.9. The van der Waals surface area contributed by atoms with Gasteiger partial charge in [0.1, 0.15) is 11.4 Å². The Morgan fingerprint density at radius 1 is 0.667 bits per heavy atom. The van der Waals surface area contributed by atoms with E-state index in [0.717, 1.165) is 11.1 Å². The molecule has 240 valence electrons. The summed E-state index contributed by atoms with van der Waals surface area (Å²) in [5.74, 6) is -0.328. The summed E-state index contributed by atoms with van der Waals surface area (Å²) in [5.41, 5.74) is 3.21. The molecule has 0 spiro atoms. The third-order valence-electron chi connectivity index (χ3n) is 6.80. The molecule has 0 bridgehead atoms. The maximum Gasteiger partial charge on any atom is 0.223 e. The zero-order valence-corrected chi connectivity index (χ0v) is 26.0. The number of nitrogens with zero attached hydrogens (tertiary/aromatic N) is 6. The van der Waals surface area contributed by atoms with Crippen LogP contribution in [-0.4, -0.2) is 81.4 Å². The maximum absolute atomic E-state index is 12.4. The fraction of sp³-hybridized carbons (Fsp3) is 0.438. The Kier molecular flexibility index (Phi) is 13.2. The van der Waals surface area contributed by atoms with Gasteiger partial charge in [-0.05, 0) is 11.1 Å². The number of amides is 2. The van der Waals surface area contributed by atoms with Gasteiger partial charge in [-0.25, -0.2) is 9.36 Å². The lowest BCUT2D eigenvalue weighted by Gasteiger charge is -2.18. The highest BCUT2D eigenvalue weighted by molar-refractivity contribution is 5.78. The number of ether oxygens (including phenoxy) is 3. The molecule has 2 aromatic carbocycles. The van der Waals surface area contributed by atoms with E-state index < -0.39 is 0 Å². The third kappa shape index (κ3) is 10.9. The third-order valence-corrected chi connectivity index (χ3v) is 6.80. The first-order valence-electron chi connectivity index (χ1n) is 15.1. The quantitative estimate of drug-likeness (QED) is 0.151. The molecule has 0 saturated heterocycles. The number of nitrogens with one attached hydrogen (secondary N) is 2. The maximum atomic E-state index is 12.4. The van der Waals surface area contributed by atoms with E-state index in [4.69, 9.17) is 14.2 Å². The van der Waals surface area contributed by atoms with E-state index in [1.165, 1.54) is 6.92 Å². The number of aromatic nitrogens is 6. The van der Waals surface area contributed by atoms with Gasteiger partial charge < -0.3 is 24.8 Å². The molecule has 0 aliphatic rings. The molecule has 0 radical (unpaired) electrons. The monoisotopic (exact) mass is 618 g/mol. The van der Waals surface area contributed by atoms with Crippen LogP contribution < -0.4 is 10.6 Å². The van der Waals surface area contributed by atoms with Crippen LogP contribution in [0.2, 0.25) is 0 Å². The highest BCUT2D eigenvalue weighted by Gasteiger charge is 2.22. The second-order valence-corrected chi connectivity index (χ2v) is 10.7. The predicted molar refractivity (Wildman–Crippen MR) is 166 cm³/mol. The van der Waals surface area contributed by atoms with Crippen molar-refractivity contribution in [1.29, 1.82) is 0 Å². The molecule has 13 heteroatoms. The van der Waals surface area contributed by atoms with E-state index in [2.05, 4.69) is 31.3 Å². The lowest BCUT2D eigenvalue weighted by Crippen LogP contribution is -2.32. The second kappa shape index (κ2) is 17.7. The zero-order valence-electron chi connectivity index (χ0n) is 26.0. The second-order valence-electron chi connectivity index (χ2n) is 10.7. The Morgan fingerprint density at radius 3 is 1.51 bits per heavy atom. The number of benzene rings is 2. The van der Waals surface area contributed by atoms with Crippen LogP contribution in [0, 0.1) is 5.92 Å². The molecule has 0 aliphatic carbocycles. The van der Waals surface area contributed by atoms with Crippen molar-refractivity contribution in [2.75, 3.05) is 39.6 Å². The van der Waals surface area contributed by atoms with E-state index >= 15 is 0 Å². The molecular weight excluding hydrogens is 576 g/mol. The summed E-state index contributed by atoms with van der Waals surface area (Å²) < 4.78 is 20.4. The summed E-state index contributed by atoms with van der Waals surface area (Å²) in [7, 11) is 0. The number of carbonyl (C=O) groups is 2. The highest BCUT2D eigenvalue weighted by atomic mass is 16.5. The van der Waals surface area contributed by atoms with Gasteiger partial charge in [-0.2, -0.15) is 0 Å². The molecule has 0 saturated carbocycles. The largest absolute Gasteiger partial charge is 0.377 e.